The lowest BCUT2D eigenvalue weighted by Crippen LogP contribution is -2.57. The summed E-state index contributed by atoms with van der Waals surface area (Å²) < 4.78 is 5.15. The quantitative estimate of drug-likeness (QED) is 0.561. The molecule has 1 aliphatic rings. The third-order valence-electron chi connectivity index (χ3n) is 2.75. The number of carbonyl (C=O) groups excluding carboxylic acids is 2. The zero-order valence-corrected chi connectivity index (χ0v) is 9.54. The highest BCUT2D eigenvalue weighted by atomic mass is 16.5. The second-order valence-corrected chi connectivity index (χ2v) is 3.95. The molecule has 0 unspecified atom stereocenters. The molecule has 2 amide bonds. The molecule has 6 heteroatoms. The lowest BCUT2D eigenvalue weighted by molar-refractivity contribution is -0.129. The summed E-state index contributed by atoms with van der Waals surface area (Å²) in [7, 11) is 1.56. The minimum atomic E-state index is -0.832. The van der Waals surface area contributed by atoms with Gasteiger partial charge in [0.15, 0.2) is 0 Å². The highest BCUT2D eigenvalue weighted by Gasteiger charge is 2.35. The molecule has 1 saturated heterocycles. The highest BCUT2D eigenvalue weighted by Crippen LogP contribution is 2.17. The molecule has 1 heterocycles. The van der Waals surface area contributed by atoms with E-state index in [9.17, 15) is 9.59 Å². The van der Waals surface area contributed by atoms with Crippen molar-refractivity contribution >= 4 is 11.8 Å². The molecule has 4 N–H and O–H groups in total. The monoisotopic (exact) mass is 229 g/mol. The van der Waals surface area contributed by atoms with E-state index in [4.69, 9.17) is 10.5 Å². The second-order valence-electron chi connectivity index (χ2n) is 3.95. The first kappa shape index (κ1) is 12.9. The molecular weight excluding hydrogens is 210 g/mol. The number of ether oxygens (including phenoxy) is 1. The van der Waals surface area contributed by atoms with Crippen molar-refractivity contribution < 1.29 is 14.3 Å². The molecule has 92 valence electrons. The zero-order chi connectivity index (χ0) is 12.0. The van der Waals surface area contributed by atoms with Crippen molar-refractivity contribution in [2.45, 2.75) is 24.8 Å². The van der Waals surface area contributed by atoms with E-state index in [2.05, 4.69) is 10.6 Å². The maximum absolute atomic E-state index is 11.8. The Kier molecular flexibility index (Phi) is 4.70. The minimum absolute atomic E-state index is 0.0988. The van der Waals surface area contributed by atoms with Crippen molar-refractivity contribution in [3.63, 3.8) is 0 Å². The number of amides is 2. The van der Waals surface area contributed by atoms with Gasteiger partial charge in [-0.2, -0.15) is 0 Å². The predicted molar refractivity (Wildman–Crippen MR) is 58.7 cm³/mol. The van der Waals surface area contributed by atoms with Gasteiger partial charge in [-0.15, -0.1) is 0 Å². The van der Waals surface area contributed by atoms with Crippen LogP contribution >= 0.6 is 0 Å². The van der Waals surface area contributed by atoms with E-state index >= 15 is 0 Å². The van der Waals surface area contributed by atoms with Crippen molar-refractivity contribution in [1.82, 2.24) is 10.6 Å². The Morgan fingerprint density at radius 2 is 2.00 bits per heavy atom. The Balaban J connectivity index is 2.31. The average Bonchev–Trinajstić information content (AvgIpc) is 2.29. The molecule has 0 aromatic carbocycles. The van der Waals surface area contributed by atoms with E-state index < -0.39 is 5.54 Å². The van der Waals surface area contributed by atoms with Crippen LogP contribution in [-0.2, 0) is 14.3 Å². The Morgan fingerprint density at radius 1 is 1.38 bits per heavy atom. The lowest BCUT2D eigenvalue weighted by atomic mass is 9.90. The van der Waals surface area contributed by atoms with Crippen molar-refractivity contribution in [1.29, 1.82) is 0 Å². The Bertz CT molecular complexity index is 262. The van der Waals surface area contributed by atoms with Crippen LogP contribution in [0.5, 0.6) is 0 Å². The van der Waals surface area contributed by atoms with E-state index in [-0.39, 0.29) is 18.2 Å². The van der Waals surface area contributed by atoms with E-state index in [0.29, 0.717) is 32.6 Å². The van der Waals surface area contributed by atoms with Gasteiger partial charge in [-0.25, -0.2) is 0 Å². The molecule has 16 heavy (non-hydrogen) atoms. The zero-order valence-electron chi connectivity index (χ0n) is 9.54. The standard InChI is InChI=1S/C10H19N3O3/c1-12-8(14)2-5-13-9(15)10(11)3-6-16-7-4-10/h2-7,11H2,1H3,(H,12,14)(H,13,15). The first-order valence-corrected chi connectivity index (χ1v) is 5.44. The van der Waals surface area contributed by atoms with Crippen LogP contribution in [0.15, 0.2) is 0 Å². The number of nitrogens with two attached hydrogens (primary N) is 1. The number of hydrogen-bond donors (Lipinski definition) is 3. The summed E-state index contributed by atoms with van der Waals surface area (Å²) in [6.45, 7) is 1.34. The Labute approximate surface area is 94.9 Å². The summed E-state index contributed by atoms with van der Waals surface area (Å²) in [6.07, 6.45) is 1.33. The normalized spacial score (nSPS) is 18.9. The number of hydrogen-bond acceptors (Lipinski definition) is 4. The van der Waals surface area contributed by atoms with Gasteiger partial charge in [0.1, 0.15) is 0 Å². The summed E-state index contributed by atoms with van der Waals surface area (Å²) in [5.74, 6) is -0.293. The molecule has 0 aromatic rings. The van der Waals surface area contributed by atoms with Crippen LogP contribution in [0.4, 0.5) is 0 Å². The van der Waals surface area contributed by atoms with E-state index in [1.54, 1.807) is 7.05 Å². The van der Waals surface area contributed by atoms with Crippen LogP contribution in [0, 0.1) is 0 Å². The summed E-state index contributed by atoms with van der Waals surface area (Å²) in [5, 5.41) is 5.16. The van der Waals surface area contributed by atoms with E-state index in [0.717, 1.165) is 0 Å². The van der Waals surface area contributed by atoms with Gasteiger partial charge in [-0.05, 0) is 12.8 Å². The van der Waals surface area contributed by atoms with Gasteiger partial charge in [0.2, 0.25) is 11.8 Å². The molecule has 1 rings (SSSR count). The van der Waals surface area contributed by atoms with E-state index in [1.165, 1.54) is 0 Å². The molecule has 0 aliphatic carbocycles. The van der Waals surface area contributed by atoms with Crippen LogP contribution < -0.4 is 16.4 Å². The van der Waals surface area contributed by atoms with Crippen molar-refractivity contribution in [3.8, 4) is 0 Å². The molecule has 0 atom stereocenters. The van der Waals surface area contributed by atoms with Crippen LogP contribution in [0.25, 0.3) is 0 Å². The fourth-order valence-electron chi connectivity index (χ4n) is 1.55. The predicted octanol–water partition coefficient (Wildman–Crippen LogP) is -1.25. The summed E-state index contributed by atoms with van der Waals surface area (Å²) >= 11 is 0. The van der Waals surface area contributed by atoms with Crippen LogP contribution in [0.2, 0.25) is 0 Å². The maximum Gasteiger partial charge on any atom is 0.240 e. The topological polar surface area (TPSA) is 93.5 Å². The summed E-state index contributed by atoms with van der Waals surface area (Å²) in [4.78, 5) is 22.7. The molecule has 0 bridgehead atoms. The first-order chi connectivity index (χ1) is 7.58. The van der Waals surface area contributed by atoms with Gasteiger partial charge in [0, 0.05) is 33.2 Å². The molecule has 0 aromatic heterocycles. The Hall–Kier alpha value is -1.14. The smallest absolute Gasteiger partial charge is 0.240 e. The fraction of sp³-hybridized carbons (Fsp3) is 0.800. The molecular formula is C10H19N3O3. The third-order valence-corrected chi connectivity index (χ3v) is 2.75. The minimum Gasteiger partial charge on any atom is -0.381 e. The van der Waals surface area contributed by atoms with Gasteiger partial charge in [-0.3, -0.25) is 9.59 Å². The number of nitrogens with one attached hydrogen (secondary N) is 2. The molecule has 0 saturated carbocycles. The molecule has 6 nitrogen and oxygen atoms in total. The van der Waals surface area contributed by atoms with Crippen molar-refractivity contribution in [3.05, 3.63) is 0 Å². The molecule has 1 fully saturated rings. The van der Waals surface area contributed by atoms with Gasteiger partial charge >= 0.3 is 0 Å². The summed E-state index contributed by atoms with van der Waals surface area (Å²) in [6, 6.07) is 0. The van der Waals surface area contributed by atoms with Gasteiger partial charge < -0.3 is 21.1 Å². The largest absolute Gasteiger partial charge is 0.381 e. The maximum atomic E-state index is 11.8. The lowest BCUT2D eigenvalue weighted by Gasteiger charge is -2.31. The van der Waals surface area contributed by atoms with Crippen LogP contribution in [0.1, 0.15) is 19.3 Å². The van der Waals surface area contributed by atoms with Crippen molar-refractivity contribution in [2.24, 2.45) is 5.73 Å². The molecule has 0 radical (unpaired) electrons. The number of rotatable bonds is 4. The Morgan fingerprint density at radius 3 is 2.56 bits per heavy atom. The molecule has 0 spiro atoms. The van der Waals surface area contributed by atoms with Crippen molar-refractivity contribution in [2.75, 3.05) is 26.8 Å². The third kappa shape index (κ3) is 3.46. The van der Waals surface area contributed by atoms with Gasteiger partial charge in [0.25, 0.3) is 0 Å². The first-order valence-electron chi connectivity index (χ1n) is 5.44. The SMILES string of the molecule is CNC(=O)CCNC(=O)C1(N)CCOCC1. The second kappa shape index (κ2) is 5.81. The molecule has 1 aliphatic heterocycles. The van der Waals surface area contributed by atoms with E-state index in [1.807, 2.05) is 0 Å². The van der Waals surface area contributed by atoms with Crippen LogP contribution in [0.3, 0.4) is 0 Å². The van der Waals surface area contributed by atoms with Crippen LogP contribution in [-0.4, -0.2) is 44.2 Å². The highest BCUT2D eigenvalue weighted by molar-refractivity contribution is 5.86. The summed E-state index contributed by atoms with van der Waals surface area (Å²) in [5.41, 5.74) is 5.13. The average molecular weight is 229 g/mol. The van der Waals surface area contributed by atoms with Gasteiger partial charge in [0.05, 0.1) is 5.54 Å². The number of carbonyl (C=O) groups is 2. The van der Waals surface area contributed by atoms with Gasteiger partial charge in [-0.1, -0.05) is 0 Å². The fourth-order valence-corrected chi connectivity index (χ4v) is 1.55.